The minimum Gasteiger partial charge on any atom is -0.309 e. The zero-order valence-corrected chi connectivity index (χ0v) is 14.0. The number of nitrogens with zero attached hydrogens (tertiary/aromatic N) is 8. The number of amidine groups is 1. The van der Waals surface area contributed by atoms with Gasteiger partial charge in [0.05, 0.1) is 24.1 Å². The van der Waals surface area contributed by atoms with Gasteiger partial charge in [-0.2, -0.15) is 10.1 Å². The molecule has 1 fully saturated rings. The third-order valence-electron chi connectivity index (χ3n) is 5.17. The molecule has 0 aliphatic carbocycles. The highest BCUT2D eigenvalue weighted by Crippen LogP contribution is 2.33. The molecule has 9 nitrogen and oxygen atoms in total. The molecule has 5 heterocycles. The lowest BCUT2D eigenvalue weighted by Gasteiger charge is -2.34. The van der Waals surface area contributed by atoms with Gasteiger partial charge in [-0.25, -0.2) is 9.98 Å². The van der Waals surface area contributed by atoms with Crippen molar-refractivity contribution < 1.29 is 0 Å². The van der Waals surface area contributed by atoms with Gasteiger partial charge in [-0.05, 0) is 36.7 Å². The number of aromatic nitrogens is 5. The van der Waals surface area contributed by atoms with Gasteiger partial charge in [0.1, 0.15) is 12.0 Å². The van der Waals surface area contributed by atoms with E-state index in [4.69, 9.17) is 4.99 Å². The summed E-state index contributed by atoms with van der Waals surface area (Å²) in [5, 5.41) is 16.2. The summed E-state index contributed by atoms with van der Waals surface area (Å²) in [4.78, 5) is 10.9. The van der Waals surface area contributed by atoms with Gasteiger partial charge in [0.15, 0.2) is 18.3 Å². The molecular weight excluding hydrogens is 330 g/mol. The third kappa shape index (κ3) is 1.83. The fourth-order valence-electron chi connectivity index (χ4n) is 3.93. The lowest BCUT2D eigenvalue weighted by molar-refractivity contribution is 0.544. The summed E-state index contributed by atoms with van der Waals surface area (Å²) in [7, 11) is 0. The predicted octanol–water partition coefficient (Wildman–Crippen LogP) is 0.979. The molecular formula is C17H17N9. The average molecular weight is 347 g/mol. The monoisotopic (exact) mass is 347 g/mol. The van der Waals surface area contributed by atoms with Gasteiger partial charge in [-0.15, -0.1) is 9.89 Å². The number of aliphatic imine (C=N–C) groups is 1. The van der Waals surface area contributed by atoms with Crippen LogP contribution in [0, 0.1) is 0 Å². The Labute approximate surface area is 149 Å². The van der Waals surface area contributed by atoms with Gasteiger partial charge < -0.3 is 5.32 Å². The number of hydrogen-bond acceptors (Lipinski definition) is 7. The molecule has 3 aromatic rings. The van der Waals surface area contributed by atoms with E-state index in [2.05, 4.69) is 42.3 Å². The zero-order chi connectivity index (χ0) is 17.1. The number of hydrazine groups is 1. The zero-order valence-electron chi connectivity index (χ0n) is 14.0. The summed E-state index contributed by atoms with van der Waals surface area (Å²) < 4.78 is 2.07. The molecule has 3 aliphatic rings. The van der Waals surface area contributed by atoms with Crippen LogP contribution in [0.1, 0.15) is 30.1 Å². The summed E-state index contributed by atoms with van der Waals surface area (Å²) in [6.45, 7) is 1.52. The quantitative estimate of drug-likeness (QED) is 0.744. The first-order chi connectivity index (χ1) is 12.9. The van der Waals surface area contributed by atoms with Crippen molar-refractivity contribution in [1.82, 2.24) is 30.0 Å². The molecule has 2 aromatic heterocycles. The number of para-hydroxylation sites is 1. The number of anilines is 1. The molecule has 6 rings (SSSR count). The van der Waals surface area contributed by atoms with Crippen molar-refractivity contribution in [3.05, 3.63) is 54.2 Å². The van der Waals surface area contributed by atoms with Gasteiger partial charge in [0.25, 0.3) is 0 Å². The Kier molecular flexibility index (Phi) is 2.78. The van der Waals surface area contributed by atoms with Crippen molar-refractivity contribution in [2.24, 2.45) is 4.99 Å². The Morgan fingerprint density at radius 1 is 1.19 bits per heavy atom. The van der Waals surface area contributed by atoms with Crippen LogP contribution in [-0.4, -0.2) is 43.7 Å². The molecule has 0 spiro atoms. The summed E-state index contributed by atoms with van der Waals surface area (Å²) >= 11 is 0. The third-order valence-corrected chi connectivity index (χ3v) is 5.17. The van der Waals surface area contributed by atoms with Crippen molar-refractivity contribution in [2.75, 3.05) is 23.3 Å². The standard InChI is InChI=1S/C17H17N9/c1-2-6-15-12(4-1)17-20-11-25(26(17)16-8-18-10-23(15)16)24-9-14(21-22-24)13-5-3-7-19-13/h1-2,4,6,8-10,13,19H,3,5,7,11H2. The van der Waals surface area contributed by atoms with Crippen LogP contribution in [0.15, 0.2) is 48.0 Å². The minimum atomic E-state index is 0.291. The van der Waals surface area contributed by atoms with E-state index in [1.807, 2.05) is 36.0 Å². The lowest BCUT2D eigenvalue weighted by Crippen LogP contribution is -2.51. The SMILES string of the molecule is c1ccc2c(c1)C1=NCN(n3cc(C4CCCN4)nn3)N1c1cncn1-2. The average Bonchev–Trinajstić information content (AvgIpc) is 3.47. The van der Waals surface area contributed by atoms with E-state index in [0.29, 0.717) is 12.7 Å². The molecule has 1 saturated heterocycles. The first-order valence-electron chi connectivity index (χ1n) is 8.80. The smallest absolute Gasteiger partial charge is 0.162 e. The Morgan fingerprint density at radius 2 is 2.15 bits per heavy atom. The summed E-state index contributed by atoms with van der Waals surface area (Å²) in [5.41, 5.74) is 3.14. The minimum absolute atomic E-state index is 0.291. The summed E-state index contributed by atoms with van der Waals surface area (Å²) in [6.07, 6.45) is 7.94. The largest absolute Gasteiger partial charge is 0.309 e. The first kappa shape index (κ1) is 14.0. The van der Waals surface area contributed by atoms with E-state index >= 15 is 0 Å². The molecule has 0 amide bonds. The molecule has 3 aliphatic heterocycles. The van der Waals surface area contributed by atoms with E-state index in [0.717, 1.165) is 41.6 Å². The van der Waals surface area contributed by atoms with Crippen LogP contribution >= 0.6 is 0 Å². The fourth-order valence-corrected chi connectivity index (χ4v) is 3.93. The predicted molar refractivity (Wildman–Crippen MR) is 95.7 cm³/mol. The number of imidazole rings is 1. The van der Waals surface area contributed by atoms with Crippen LogP contribution < -0.4 is 15.4 Å². The summed E-state index contributed by atoms with van der Waals surface area (Å²) in [6, 6.07) is 8.53. The normalized spacial score (nSPS) is 20.8. The molecule has 9 heteroatoms. The van der Waals surface area contributed by atoms with Crippen LogP contribution in [0.5, 0.6) is 0 Å². The van der Waals surface area contributed by atoms with Crippen LogP contribution in [0.3, 0.4) is 0 Å². The highest BCUT2D eigenvalue weighted by atomic mass is 15.9. The topological polar surface area (TPSA) is 79.4 Å². The van der Waals surface area contributed by atoms with E-state index < -0.39 is 0 Å². The maximum Gasteiger partial charge on any atom is 0.162 e. The summed E-state index contributed by atoms with van der Waals surface area (Å²) in [5.74, 6) is 1.85. The number of rotatable bonds is 2. The molecule has 0 saturated carbocycles. The maximum atomic E-state index is 4.77. The molecule has 0 bridgehead atoms. The van der Waals surface area contributed by atoms with E-state index in [1.54, 1.807) is 4.79 Å². The number of benzene rings is 1. The van der Waals surface area contributed by atoms with Crippen LogP contribution in [0.4, 0.5) is 5.82 Å². The molecule has 130 valence electrons. The maximum absolute atomic E-state index is 4.77. The molecule has 1 atom stereocenters. The van der Waals surface area contributed by atoms with Crippen LogP contribution in [0.25, 0.3) is 5.69 Å². The van der Waals surface area contributed by atoms with Gasteiger partial charge in [0, 0.05) is 5.56 Å². The second-order valence-corrected chi connectivity index (χ2v) is 6.66. The van der Waals surface area contributed by atoms with Gasteiger partial charge in [-0.1, -0.05) is 12.1 Å². The van der Waals surface area contributed by atoms with Crippen LogP contribution in [0.2, 0.25) is 0 Å². The number of hydrogen-bond donors (Lipinski definition) is 1. The lowest BCUT2D eigenvalue weighted by atomic mass is 10.1. The highest BCUT2D eigenvalue weighted by molar-refractivity contribution is 6.15. The van der Waals surface area contributed by atoms with Crippen LogP contribution in [-0.2, 0) is 0 Å². The molecule has 1 aromatic carbocycles. The molecule has 1 N–H and O–H groups in total. The molecule has 1 unspecified atom stereocenters. The Morgan fingerprint density at radius 3 is 3.08 bits per heavy atom. The Bertz CT molecular complexity index is 1010. The van der Waals surface area contributed by atoms with Crippen molar-refractivity contribution in [3.8, 4) is 5.69 Å². The Hall–Kier alpha value is -3.20. The van der Waals surface area contributed by atoms with E-state index in [-0.39, 0.29) is 0 Å². The van der Waals surface area contributed by atoms with E-state index in [9.17, 15) is 0 Å². The van der Waals surface area contributed by atoms with E-state index in [1.165, 1.54) is 6.42 Å². The molecule has 26 heavy (non-hydrogen) atoms. The van der Waals surface area contributed by atoms with Crippen molar-refractivity contribution in [2.45, 2.75) is 18.9 Å². The van der Waals surface area contributed by atoms with Gasteiger partial charge >= 0.3 is 0 Å². The highest BCUT2D eigenvalue weighted by Gasteiger charge is 2.37. The second kappa shape index (κ2) is 5.15. The van der Waals surface area contributed by atoms with Crippen molar-refractivity contribution in [3.63, 3.8) is 0 Å². The number of fused-ring (bicyclic) bond motifs is 6. The molecule has 0 radical (unpaired) electrons. The van der Waals surface area contributed by atoms with Gasteiger partial charge in [0.2, 0.25) is 0 Å². The fraction of sp³-hybridized carbons (Fsp3) is 0.294. The first-order valence-corrected chi connectivity index (χ1v) is 8.80. The Balaban J connectivity index is 1.42. The van der Waals surface area contributed by atoms with Crippen molar-refractivity contribution >= 4 is 11.7 Å². The van der Waals surface area contributed by atoms with Crippen molar-refractivity contribution in [1.29, 1.82) is 0 Å². The van der Waals surface area contributed by atoms with Gasteiger partial charge in [-0.3, -0.25) is 4.57 Å². The second-order valence-electron chi connectivity index (χ2n) is 6.66. The number of nitrogens with one attached hydrogen (secondary N) is 1.